The standard InChI is InChI=1S/C4H7ClOS/c1-2-7-4(6)3-5/h2-3H2,1H3. The van der Waals surface area contributed by atoms with Crippen LogP contribution in [0.2, 0.25) is 0 Å². The van der Waals surface area contributed by atoms with E-state index in [1.54, 1.807) is 0 Å². The lowest BCUT2D eigenvalue weighted by molar-refractivity contribution is -0.108. The van der Waals surface area contributed by atoms with Crippen LogP contribution in [0.4, 0.5) is 0 Å². The molecule has 0 saturated carbocycles. The summed E-state index contributed by atoms with van der Waals surface area (Å²) in [7, 11) is 0. The Kier molecular flexibility index (Phi) is 4.67. The van der Waals surface area contributed by atoms with Crippen molar-refractivity contribution in [3.63, 3.8) is 0 Å². The second-order valence-electron chi connectivity index (χ2n) is 0.939. The van der Waals surface area contributed by atoms with E-state index >= 15 is 0 Å². The van der Waals surface area contributed by atoms with Crippen LogP contribution in [0.1, 0.15) is 6.92 Å². The maximum absolute atomic E-state index is 10.2. The van der Waals surface area contributed by atoms with Crippen molar-refractivity contribution in [2.75, 3.05) is 11.6 Å². The van der Waals surface area contributed by atoms with Gasteiger partial charge in [0, 0.05) is 0 Å². The quantitative estimate of drug-likeness (QED) is 0.538. The summed E-state index contributed by atoms with van der Waals surface area (Å²) in [5.74, 6) is 0.962. The van der Waals surface area contributed by atoms with Crippen LogP contribution in [0.5, 0.6) is 0 Å². The van der Waals surface area contributed by atoms with Crippen molar-refractivity contribution >= 4 is 28.5 Å². The number of rotatable bonds is 2. The first-order chi connectivity index (χ1) is 3.31. The summed E-state index contributed by atoms with van der Waals surface area (Å²) in [4.78, 5) is 10.2. The van der Waals surface area contributed by atoms with E-state index in [1.807, 2.05) is 6.92 Å². The van der Waals surface area contributed by atoms with Gasteiger partial charge < -0.3 is 0 Å². The second kappa shape index (κ2) is 4.47. The maximum atomic E-state index is 10.2. The lowest BCUT2D eigenvalue weighted by atomic mass is 10.9. The van der Waals surface area contributed by atoms with Gasteiger partial charge in [0.2, 0.25) is 5.12 Å². The third-order valence-electron chi connectivity index (χ3n) is 0.414. The molecule has 0 unspecified atom stereocenters. The van der Waals surface area contributed by atoms with Crippen LogP contribution in [-0.2, 0) is 4.79 Å². The Morgan fingerprint density at radius 2 is 2.43 bits per heavy atom. The largest absolute Gasteiger partial charge is 0.286 e. The van der Waals surface area contributed by atoms with Crippen molar-refractivity contribution in [3.05, 3.63) is 0 Å². The van der Waals surface area contributed by atoms with E-state index in [9.17, 15) is 4.79 Å². The molecule has 3 heteroatoms. The Bertz CT molecular complexity index is 64.7. The van der Waals surface area contributed by atoms with Crippen LogP contribution < -0.4 is 0 Å². The third-order valence-corrected chi connectivity index (χ3v) is 1.57. The fourth-order valence-electron chi connectivity index (χ4n) is 0.200. The molecule has 0 rings (SSSR count). The molecule has 0 aliphatic carbocycles. The van der Waals surface area contributed by atoms with Gasteiger partial charge in [-0.25, -0.2) is 0 Å². The van der Waals surface area contributed by atoms with Gasteiger partial charge in [-0.05, 0) is 5.75 Å². The molecular formula is C4H7ClOS. The summed E-state index contributed by atoms with van der Waals surface area (Å²) < 4.78 is 0. The fraction of sp³-hybridized carbons (Fsp3) is 0.750. The van der Waals surface area contributed by atoms with Gasteiger partial charge >= 0.3 is 0 Å². The summed E-state index contributed by atoms with van der Waals surface area (Å²) in [5, 5.41) is 0.0594. The zero-order valence-corrected chi connectivity index (χ0v) is 5.68. The van der Waals surface area contributed by atoms with E-state index in [-0.39, 0.29) is 11.0 Å². The van der Waals surface area contributed by atoms with Gasteiger partial charge in [0.05, 0.1) is 5.88 Å². The Balaban J connectivity index is 3.00. The molecule has 0 spiro atoms. The predicted molar refractivity (Wildman–Crippen MR) is 33.9 cm³/mol. The Morgan fingerprint density at radius 1 is 1.86 bits per heavy atom. The van der Waals surface area contributed by atoms with E-state index < -0.39 is 0 Å². The summed E-state index contributed by atoms with van der Waals surface area (Å²) in [5.41, 5.74) is 0. The van der Waals surface area contributed by atoms with Gasteiger partial charge in [0.25, 0.3) is 0 Å². The molecule has 0 fully saturated rings. The smallest absolute Gasteiger partial charge is 0.203 e. The lowest BCUT2D eigenvalue weighted by Gasteiger charge is -1.85. The number of hydrogen-bond donors (Lipinski definition) is 0. The molecule has 0 amide bonds. The van der Waals surface area contributed by atoms with Crippen LogP contribution >= 0.6 is 23.4 Å². The Hall–Kier alpha value is 0.310. The fourth-order valence-corrected chi connectivity index (χ4v) is 0.830. The van der Waals surface area contributed by atoms with Crippen LogP contribution in [-0.4, -0.2) is 16.7 Å². The second-order valence-corrected chi connectivity index (χ2v) is 2.53. The van der Waals surface area contributed by atoms with Gasteiger partial charge in [-0.3, -0.25) is 4.79 Å². The molecule has 0 N–H and O–H groups in total. The Labute approximate surface area is 52.4 Å². The molecule has 0 saturated heterocycles. The first-order valence-electron chi connectivity index (χ1n) is 2.02. The van der Waals surface area contributed by atoms with Gasteiger partial charge in [-0.1, -0.05) is 18.7 Å². The van der Waals surface area contributed by atoms with Crippen molar-refractivity contribution in [1.29, 1.82) is 0 Å². The van der Waals surface area contributed by atoms with Crippen molar-refractivity contribution in [2.45, 2.75) is 6.92 Å². The molecule has 0 aliphatic rings. The highest BCUT2D eigenvalue weighted by atomic mass is 35.5. The SMILES string of the molecule is CCSC(=O)CCl. The van der Waals surface area contributed by atoms with Gasteiger partial charge in [0.1, 0.15) is 0 Å². The number of hydrogen-bond acceptors (Lipinski definition) is 2. The van der Waals surface area contributed by atoms with Crippen molar-refractivity contribution < 1.29 is 4.79 Å². The molecule has 0 aromatic carbocycles. The van der Waals surface area contributed by atoms with E-state index in [2.05, 4.69) is 0 Å². The molecule has 0 aromatic heterocycles. The van der Waals surface area contributed by atoms with Crippen molar-refractivity contribution in [1.82, 2.24) is 0 Å². The molecule has 0 bridgehead atoms. The number of alkyl halides is 1. The van der Waals surface area contributed by atoms with E-state index in [0.29, 0.717) is 0 Å². The zero-order valence-electron chi connectivity index (χ0n) is 4.11. The van der Waals surface area contributed by atoms with Crippen LogP contribution in [0.15, 0.2) is 0 Å². The lowest BCUT2D eigenvalue weighted by Crippen LogP contribution is -1.90. The average molecular weight is 139 g/mol. The van der Waals surface area contributed by atoms with Crippen molar-refractivity contribution in [2.24, 2.45) is 0 Å². The first-order valence-corrected chi connectivity index (χ1v) is 3.54. The van der Waals surface area contributed by atoms with Gasteiger partial charge in [-0.2, -0.15) is 0 Å². The minimum Gasteiger partial charge on any atom is -0.286 e. The molecule has 0 heterocycles. The highest BCUT2D eigenvalue weighted by Gasteiger charge is 1.93. The number of halogens is 1. The highest BCUT2D eigenvalue weighted by Crippen LogP contribution is 2.00. The van der Waals surface area contributed by atoms with Crippen molar-refractivity contribution in [3.8, 4) is 0 Å². The summed E-state index contributed by atoms with van der Waals surface area (Å²) in [6, 6.07) is 0. The van der Waals surface area contributed by atoms with Crippen LogP contribution in [0.25, 0.3) is 0 Å². The monoisotopic (exact) mass is 138 g/mol. The molecule has 0 aliphatic heterocycles. The highest BCUT2D eigenvalue weighted by molar-refractivity contribution is 8.13. The maximum Gasteiger partial charge on any atom is 0.203 e. The summed E-state index contributed by atoms with van der Waals surface area (Å²) in [6.45, 7) is 1.93. The molecule has 7 heavy (non-hydrogen) atoms. The van der Waals surface area contributed by atoms with E-state index in [0.717, 1.165) is 5.75 Å². The van der Waals surface area contributed by atoms with Gasteiger partial charge in [0.15, 0.2) is 0 Å². The van der Waals surface area contributed by atoms with Gasteiger partial charge in [-0.15, -0.1) is 11.6 Å². The number of carbonyl (C=O) groups is 1. The first kappa shape index (κ1) is 7.31. The molecule has 0 radical (unpaired) electrons. The van der Waals surface area contributed by atoms with Crippen LogP contribution in [0.3, 0.4) is 0 Å². The predicted octanol–water partition coefficient (Wildman–Crippen LogP) is 1.50. The molecule has 1 nitrogen and oxygen atoms in total. The number of thioether (sulfide) groups is 1. The minimum absolute atomic E-state index is 0.0594. The molecular weight excluding hydrogens is 132 g/mol. The van der Waals surface area contributed by atoms with Crippen LogP contribution in [0, 0.1) is 0 Å². The van der Waals surface area contributed by atoms with E-state index in [1.165, 1.54) is 11.8 Å². The normalized spacial score (nSPS) is 8.86. The Morgan fingerprint density at radius 3 is 2.57 bits per heavy atom. The topological polar surface area (TPSA) is 17.1 Å². The molecule has 0 aromatic rings. The summed E-state index contributed by atoms with van der Waals surface area (Å²) >= 11 is 6.42. The summed E-state index contributed by atoms with van der Waals surface area (Å²) in [6.07, 6.45) is 0. The third kappa shape index (κ3) is 4.16. The number of carbonyl (C=O) groups excluding carboxylic acids is 1. The minimum atomic E-state index is 0.0594. The molecule has 0 atom stereocenters. The molecule has 42 valence electrons. The van der Waals surface area contributed by atoms with E-state index in [4.69, 9.17) is 11.6 Å². The average Bonchev–Trinajstić information content (AvgIpc) is 1.68. The zero-order chi connectivity index (χ0) is 5.70.